The van der Waals surface area contributed by atoms with Gasteiger partial charge in [-0.1, -0.05) is 29.8 Å². The summed E-state index contributed by atoms with van der Waals surface area (Å²) in [5.41, 5.74) is 4.70. The van der Waals surface area contributed by atoms with Crippen LogP contribution in [0.1, 0.15) is 18.1 Å². The molecular weight excluding hydrogens is 366 g/mol. The maximum Gasteiger partial charge on any atom is 0.263 e. The first-order valence-corrected chi connectivity index (χ1v) is 10.1. The Hall–Kier alpha value is -2.87. The second kappa shape index (κ2) is 8.68. The summed E-state index contributed by atoms with van der Waals surface area (Å²) < 4.78 is 30.6. The van der Waals surface area contributed by atoms with Gasteiger partial charge >= 0.3 is 0 Å². The van der Waals surface area contributed by atoms with Crippen molar-refractivity contribution < 1.29 is 17.9 Å². The van der Waals surface area contributed by atoms with Crippen molar-refractivity contribution in [1.29, 1.82) is 0 Å². The molecule has 0 bridgehead atoms. The molecule has 144 valence electrons. The molecule has 2 aromatic rings. The van der Waals surface area contributed by atoms with Crippen LogP contribution >= 0.6 is 0 Å². The Kier molecular flexibility index (Phi) is 6.57. The fourth-order valence-corrected chi connectivity index (χ4v) is 3.63. The van der Waals surface area contributed by atoms with Crippen molar-refractivity contribution in [1.82, 2.24) is 5.43 Å². The number of benzene rings is 2. The van der Waals surface area contributed by atoms with E-state index < -0.39 is 22.0 Å². The van der Waals surface area contributed by atoms with Gasteiger partial charge in [-0.25, -0.2) is 13.8 Å². The molecule has 2 aromatic carbocycles. The van der Waals surface area contributed by atoms with E-state index in [0.29, 0.717) is 11.4 Å². The molecule has 27 heavy (non-hydrogen) atoms. The third-order valence-corrected chi connectivity index (χ3v) is 5.12. The largest absolute Gasteiger partial charge is 0.497 e. The van der Waals surface area contributed by atoms with Crippen LogP contribution in [0.5, 0.6) is 5.75 Å². The average Bonchev–Trinajstić information content (AvgIpc) is 2.62. The van der Waals surface area contributed by atoms with E-state index in [2.05, 4.69) is 10.5 Å². The topological polar surface area (TPSA) is 88.1 Å². The highest BCUT2D eigenvalue weighted by molar-refractivity contribution is 7.92. The molecule has 0 aromatic heterocycles. The number of ether oxygens (including phenoxy) is 1. The van der Waals surface area contributed by atoms with Crippen molar-refractivity contribution in [3.63, 3.8) is 0 Å². The van der Waals surface area contributed by atoms with E-state index in [-0.39, 0.29) is 0 Å². The fraction of sp³-hybridized carbons (Fsp3) is 0.263. The maximum absolute atomic E-state index is 12.4. The number of carbonyl (C=O) groups excluding carboxylic acids is 1. The van der Waals surface area contributed by atoms with Gasteiger partial charge in [0, 0.05) is 0 Å². The van der Waals surface area contributed by atoms with E-state index >= 15 is 0 Å². The number of methoxy groups -OCH3 is 1. The van der Waals surface area contributed by atoms with Crippen molar-refractivity contribution in [2.24, 2.45) is 5.10 Å². The molecule has 0 fully saturated rings. The molecule has 1 atom stereocenters. The van der Waals surface area contributed by atoms with E-state index in [4.69, 9.17) is 4.74 Å². The standard InChI is InChI=1S/C19H23N3O4S/c1-14-5-7-16(8-6-14)13-20-21-19(23)15(2)22(27(4,24)25)17-9-11-18(26-3)12-10-17/h5-13,15H,1-4H3,(H,21,23)/b20-13-/t15-/m1/s1. The zero-order chi connectivity index (χ0) is 20.0. The van der Waals surface area contributed by atoms with Gasteiger partial charge < -0.3 is 4.74 Å². The predicted molar refractivity (Wildman–Crippen MR) is 107 cm³/mol. The normalized spacial score (nSPS) is 12.6. The Morgan fingerprint density at radius 1 is 1.15 bits per heavy atom. The summed E-state index contributed by atoms with van der Waals surface area (Å²) in [6.45, 7) is 3.48. The van der Waals surface area contributed by atoms with Gasteiger partial charge in [0.1, 0.15) is 11.8 Å². The summed E-state index contributed by atoms with van der Waals surface area (Å²) in [5.74, 6) is 0.0478. The average molecular weight is 389 g/mol. The van der Waals surface area contributed by atoms with Gasteiger partial charge in [0.25, 0.3) is 5.91 Å². The molecule has 2 rings (SSSR count). The molecule has 0 aliphatic heterocycles. The van der Waals surface area contributed by atoms with E-state index in [1.165, 1.54) is 20.2 Å². The number of nitrogens with one attached hydrogen (secondary N) is 1. The number of anilines is 1. The van der Waals surface area contributed by atoms with E-state index in [1.54, 1.807) is 24.3 Å². The first kappa shape index (κ1) is 20.4. The van der Waals surface area contributed by atoms with Gasteiger partial charge in [-0.3, -0.25) is 9.10 Å². The zero-order valence-corrected chi connectivity index (χ0v) is 16.5. The van der Waals surface area contributed by atoms with Crippen LogP contribution in [0.4, 0.5) is 5.69 Å². The lowest BCUT2D eigenvalue weighted by atomic mass is 10.2. The lowest BCUT2D eigenvalue weighted by Gasteiger charge is -2.27. The van der Waals surface area contributed by atoms with Crippen molar-refractivity contribution in [3.8, 4) is 5.75 Å². The van der Waals surface area contributed by atoms with Gasteiger partial charge in [0.05, 0.1) is 25.3 Å². The van der Waals surface area contributed by atoms with Crippen LogP contribution in [-0.2, 0) is 14.8 Å². The molecule has 7 nitrogen and oxygen atoms in total. The predicted octanol–water partition coefficient (Wildman–Crippen LogP) is 2.31. The zero-order valence-electron chi connectivity index (χ0n) is 15.7. The molecule has 0 spiro atoms. The van der Waals surface area contributed by atoms with Gasteiger partial charge in [0.15, 0.2) is 0 Å². The maximum atomic E-state index is 12.4. The molecule has 1 amide bonds. The van der Waals surface area contributed by atoms with Gasteiger partial charge in [0.2, 0.25) is 10.0 Å². The molecule has 0 radical (unpaired) electrons. The molecule has 1 N–H and O–H groups in total. The third-order valence-electron chi connectivity index (χ3n) is 3.88. The minimum absolute atomic E-state index is 0.364. The molecule has 0 aliphatic rings. The minimum Gasteiger partial charge on any atom is -0.497 e. The molecule has 0 heterocycles. The van der Waals surface area contributed by atoms with Gasteiger partial charge in [-0.15, -0.1) is 0 Å². The summed E-state index contributed by atoms with van der Waals surface area (Å²) in [4.78, 5) is 12.4. The smallest absolute Gasteiger partial charge is 0.263 e. The molecule has 0 saturated carbocycles. The SMILES string of the molecule is COc1ccc(N([C@H](C)C(=O)N/N=C\c2ccc(C)cc2)S(C)(=O)=O)cc1. The molecule has 0 saturated heterocycles. The number of sulfonamides is 1. The van der Waals surface area contributed by atoms with Crippen molar-refractivity contribution in [2.45, 2.75) is 19.9 Å². The van der Waals surface area contributed by atoms with Crippen LogP contribution in [0.25, 0.3) is 0 Å². The van der Waals surface area contributed by atoms with Gasteiger partial charge in [-0.05, 0) is 43.7 Å². The molecule has 8 heteroatoms. The van der Waals surface area contributed by atoms with Crippen molar-refractivity contribution in [2.75, 3.05) is 17.7 Å². The number of nitrogens with zero attached hydrogens (tertiary/aromatic N) is 2. The van der Waals surface area contributed by atoms with Crippen LogP contribution in [-0.4, -0.2) is 39.9 Å². The Morgan fingerprint density at radius 2 is 1.74 bits per heavy atom. The fourth-order valence-electron chi connectivity index (χ4n) is 2.45. The van der Waals surface area contributed by atoms with E-state index in [0.717, 1.165) is 21.7 Å². The summed E-state index contributed by atoms with van der Waals surface area (Å²) in [5, 5.41) is 3.91. The number of hydrogen-bond acceptors (Lipinski definition) is 5. The second-order valence-electron chi connectivity index (χ2n) is 6.08. The lowest BCUT2D eigenvalue weighted by Crippen LogP contribution is -2.46. The second-order valence-corrected chi connectivity index (χ2v) is 7.94. The number of rotatable bonds is 7. The van der Waals surface area contributed by atoms with Crippen LogP contribution in [0.15, 0.2) is 53.6 Å². The summed E-state index contributed by atoms with van der Waals surface area (Å²) in [6.07, 6.45) is 2.55. The highest BCUT2D eigenvalue weighted by Gasteiger charge is 2.29. The Morgan fingerprint density at radius 3 is 2.26 bits per heavy atom. The number of aryl methyl sites for hydroxylation is 1. The highest BCUT2D eigenvalue weighted by Crippen LogP contribution is 2.23. The van der Waals surface area contributed by atoms with Gasteiger partial charge in [-0.2, -0.15) is 5.10 Å². The first-order chi connectivity index (χ1) is 12.7. The monoisotopic (exact) mass is 389 g/mol. The van der Waals surface area contributed by atoms with Crippen molar-refractivity contribution in [3.05, 3.63) is 59.7 Å². The Balaban J connectivity index is 2.15. The Bertz CT molecular complexity index is 907. The number of amides is 1. The third kappa shape index (κ3) is 5.55. The minimum atomic E-state index is -3.68. The first-order valence-electron chi connectivity index (χ1n) is 8.25. The quantitative estimate of drug-likeness (QED) is 0.581. The summed E-state index contributed by atoms with van der Waals surface area (Å²) in [6, 6.07) is 13.0. The van der Waals surface area contributed by atoms with Crippen LogP contribution < -0.4 is 14.5 Å². The van der Waals surface area contributed by atoms with E-state index in [9.17, 15) is 13.2 Å². The molecule has 0 aliphatic carbocycles. The molecular formula is C19H23N3O4S. The van der Waals surface area contributed by atoms with E-state index in [1.807, 2.05) is 31.2 Å². The van der Waals surface area contributed by atoms with Crippen molar-refractivity contribution >= 4 is 27.8 Å². The summed E-state index contributed by atoms with van der Waals surface area (Å²) >= 11 is 0. The number of carbonyl (C=O) groups is 1. The number of hydrazone groups is 1. The summed E-state index contributed by atoms with van der Waals surface area (Å²) in [7, 11) is -2.16. The Labute approximate surface area is 159 Å². The highest BCUT2D eigenvalue weighted by atomic mass is 32.2. The van der Waals surface area contributed by atoms with Crippen LogP contribution in [0, 0.1) is 6.92 Å². The number of hydrogen-bond donors (Lipinski definition) is 1. The van der Waals surface area contributed by atoms with Crippen LogP contribution in [0.2, 0.25) is 0 Å². The lowest BCUT2D eigenvalue weighted by molar-refractivity contribution is -0.121. The van der Waals surface area contributed by atoms with Crippen LogP contribution in [0.3, 0.4) is 0 Å². The molecule has 0 unspecified atom stereocenters.